The highest BCUT2D eigenvalue weighted by atomic mass is 16.2. The van der Waals surface area contributed by atoms with Gasteiger partial charge < -0.3 is 16.0 Å². The molecule has 4 heteroatoms. The number of carbonyl (C=O) groups is 1. The molecule has 19 heavy (non-hydrogen) atoms. The van der Waals surface area contributed by atoms with Gasteiger partial charge in [0, 0.05) is 12.1 Å². The third kappa shape index (κ3) is 4.47. The van der Waals surface area contributed by atoms with Crippen LogP contribution in [0, 0.1) is 0 Å². The fourth-order valence-corrected chi connectivity index (χ4v) is 1.82. The van der Waals surface area contributed by atoms with Crippen LogP contribution in [0.3, 0.4) is 0 Å². The van der Waals surface area contributed by atoms with Gasteiger partial charge in [0.1, 0.15) is 0 Å². The van der Waals surface area contributed by atoms with Gasteiger partial charge in [-0.15, -0.1) is 0 Å². The first-order valence-corrected chi connectivity index (χ1v) is 6.80. The lowest BCUT2D eigenvalue weighted by molar-refractivity contribution is -0.121. The topological polar surface area (TPSA) is 58.4 Å². The first kappa shape index (κ1) is 15.3. The van der Waals surface area contributed by atoms with E-state index < -0.39 is 0 Å². The number of carbonyl (C=O) groups excluding carboxylic acids is 1. The van der Waals surface area contributed by atoms with E-state index in [0.717, 1.165) is 18.7 Å². The number of benzene rings is 1. The Hall–Kier alpha value is -1.71. The predicted molar refractivity (Wildman–Crippen MR) is 81.3 cm³/mol. The van der Waals surface area contributed by atoms with Crippen LogP contribution >= 0.6 is 0 Å². The molecule has 0 aliphatic rings. The van der Waals surface area contributed by atoms with E-state index in [2.05, 4.69) is 12.2 Å². The summed E-state index contributed by atoms with van der Waals surface area (Å²) in [6.45, 7) is 9.20. The maximum atomic E-state index is 12.1. The number of nitrogens with one attached hydrogen (secondary N) is 1. The van der Waals surface area contributed by atoms with E-state index in [1.54, 1.807) is 0 Å². The van der Waals surface area contributed by atoms with Crippen molar-refractivity contribution >= 4 is 17.3 Å². The monoisotopic (exact) mass is 263 g/mol. The Morgan fingerprint density at radius 3 is 2.47 bits per heavy atom. The van der Waals surface area contributed by atoms with Crippen LogP contribution in [-0.2, 0) is 4.79 Å². The molecule has 0 saturated carbocycles. The van der Waals surface area contributed by atoms with Gasteiger partial charge in [0.25, 0.3) is 0 Å². The number of nitrogens with zero attached hydrogens (tertiary/aromatic N) is 1. The maximum Gasteiger partial charge on any atom is 0.239 e. The molecule has 0 atom stereocenters. The molecule has 1 aromatic rings. The van der Waals surface area contributed by atoms with Crippen molar-refractivity contribution in [1.29, 1.82) is 0 Å². The zero-order valence-electron chi connectivity index (χ0n) is 12.4. The van der Waals surface area contributed by atoms with Gasteiger partial charge in [0.15, 0.2) is 0 Å². The van der Waals surface area contributed by atoms with Crippen LogP contribution in [-0.4, -0.2) is 24.5 Å². The van der Waals surface area contributed by atoms with Crippen LogP contribution in [0.5, 0.6) is 0 Å². The van der Waals surface area contributed by atoms with Gasteiger partial charge >= 0.3 is 0 Å². The molecule has 3 N–H and O–H groups in total. The summed E-state index contributed by atoms with van der Waals surface area (Å²) in [4.78, 5) is 14.1. The van der Waals surface area contributed by atoms with Gasteiger partial charge in [-0.2, -0.15) is 0 Å². The molecule has 1 aromatic carbocycles. The molecule has 0 aromatic heterocycles. The number of amides is 1. The molecule has 0 heterocycles. The number of likely N-dealkylation sites (N-methyl/N-ethyl adjacent to an activating group) is 1. The quantitative estimate of drug-likeness (QED) is 0.775. The Balaban J connectivity index is 2.73. The number of para-hydroxylation sites is 2. The molecule has 106 valence electrons. The predicted octanol–water partition coefficient (Wildman–Crippen LogP) is 2.40. The minimum absolute atomic E-state index is 0.0250. The number of hydrogen-bond acceptors (Lipinski definition) is 3. The lowest BCUT2D eigenvalue weighted by Crippen LogP contribution is -2.47. The molecule has 0 aliphatic carbocycles. The number of hydrogen-bond donors (Lipinski definition) is 2. The van der Waals surface area contributed by atoms with Crippen LogP contribution in [0.25, 0.3) is 0 Å². The Morgan fingerprint density at radius 2 is 1.95 bits per heavy atom. The van der Waals surface area contributed by atoms with E-state index in [9.17, 15) is 4.79 Å². The molecule has 4 nitrogen and oxygen atoms in total. The lowest BCUT2D eigenvalue weighted by atomic mass is 10.0. The van der Waals surface area contributed by atoms with Gasteiger partial charge in [-0.25, -0.2) is 0 Å². The van der Waals surface area contributed by atoms with Crippen molar-refractivity contribution in [3.63, 3.8) is 0 Å². The van der Waals surface area contributed by atoms with E-state index in [4.69, 9.17) is 5.73 Å². The third-order valence-electron chi connectivity index (χ3n) is 3.36. The second-order valence-corrected chi connectivity index (χ2v) is 5.36. The standard InChI is InChI=1S/C15H25N3O/c1-5-15(3,4)17-14(19)11-18(6-2)13-10-8-7-9-12(13)16/h7-10H,5-6,11,16H2,1-4H3,(H,17,19). The normalized spacial score (nSPS) is 11.2. The summed E-state index contributed by atoms with van der Waals surface area (Å²) in [5.74, 6) is 0.0250. The highest BCUT2D eigenvalue weighted by molar-refractivity contribution is 5.83. The number of nitrogen functional groups attached to an aromatic ring is 1. The lowest BCUT2D eigenvalue weighted by Gasteiger charge is -2.28. The number of rotatable bonds is 6. The highest BCUT2D eigenvalue weighted by Gasteiger charge is 2.19. The summed E-state index contributed by atoms with van der Waals surface area (Å²) >= 11 is 0. The number of anilines is 2. The van der Waals surface area contributed by atoms with Crippen molar-refractivity contribution in [2.75, 3.05) is 23.7 Å². The summed E-state index contributed by atoms with van der Waals surface area (Å²) in [6.07, 6.45) is 0.901. The van der Waals surface area contributed by atoms with E-state index in [-0.39, 0.29) is 11.4 Å². The molecule has 1 amide bonds. The Morgan fingerprint density at radius 1 is 1.32 bits per heavy atom. The summed E-state index contributed by atoms with van der Waals surface area (Å²) in [5.41, 5.74) is 7.40. The summed E-state index contributed by atoms with van der Waals surface area (Å²) < 4.78 is 0. The fourth-order valence-electron chi connectivity index (χ4n) is 1.82. The van der Waals surface area contributed by atoms with Crippen LogP contribution < -0.4 is 16.0 Å². The summed E-state index contributed by atoms with van der Waals surface area (Å²) in [6, 6.07) is 7.62. The fraction of sp³-hybridized carbons (Fsp3) is 0.533. The Labute approximate surface area is 116 Å². The SMILES string of the molecule is CCN(CC(=O)NC(C)(C)CC)c1ccccc1N. The molecular formula is C15H25N3O. The van der Waals surface area contributed by atoms with Crippen LogP contribution in [0.15, 0.2) is 24.3 Å². The zero-order valence-corrected chi connectivity index (χ0v) is 12.4. The molecule has 0 aliphatic heterocycles. The van der Waals surface area contributed by atoms with Crippen molar-refractivity contribution in [1.82, 2.24) is 5.32 Å². The molecule has 0 unspecified atom stereocenters. The minimum Gasteiger partial charge on any atom is -0.397 e. The third-order valence-corrected chi connectivity index (χ3v) is 3.36. The van der Waals surface area contributed by atoms with E-state index in [1.165, 1.54) is 0 Å². The molecule has 0 radical (unpaired) electrons. The maximum absolute atomic E-state index is 12.1. The van der Waals surface area contributed by atoms with E-state index in [1.807, 2.05) is 49.9 Å². The van der Waals surface area contributed by atoms with Gasteiger partial charge in [-0.1, -0.05) is 19.1 Å². The molecule has 0 bridgehead atoms. The van der Waals surface area contributed by atoms with E-state index in [0.29, 0.717) is 12.2 Å². The van der Waals surface area contributed by atoms with Gasteiger partial charge in [0.05, 0.1) is 17.9 Å². The van der Waals surface area contributed by atoms with Crippen molar-refractivity contribution in [3.05, 3.63) is 24.3 Å². The van der Waals surface area contributed by atoms with Crippen LogP contribution in [0.4, 0.5) is 11.4 Å². The second kappa shape index (κ2) is 6.45. The average Bonchev–Trinajstić information content (AvgIpc) is 2.36. The van der Waals surface area contributed by atoms with Crippen molar-refractivity contribution < 1.29 is 4.79 Å². The van der Waals surface area contributed by atoms with Crippen molar-refractivity contribution in [2.45, 2.75) is 39.7 Å². The van der Waals surface area contributed by atoms with Gasteiger partial charge in [0.2, 0.25) is 5.91 Å². The van der Waals surface area contributed by atoms with Crippen LogP contribution in [0.1, 0.15) is 34.1 Å². The molecular weight excluding hydrogens is 238 g/mol. The first-order valence-electron chi connectivity index (χ1n) is 6.80. The number of nitrogens with two attached hydrogens (primary N) is 1. The molecule has 0 fully saturated rings. The van der Waals surface area contributed by atoms with Crippen molar-refractivity contribution in [2.24, 2.45) is 0 Å². The molecule has 0 spiro atoms. The average molecular weight is 263 g/mol. The van der Waals surface area contributed by atoms with Crippen molar-refractivity contribution in [3.8, 4) is 0 Å². The summed E-state index contributed by atoms with van der Waals surface area (Å²) in [5, 5.41) is 3.04. The molecule has 1 rings (SSSR count). The largest absolute Gasteiger partial charge is 0.397 e. The Kier molecular flexibility index (Phi) is 5.21. The van der Waals surface area contributed by atoms with Gasteiger partial charge in [-0.3, -0.25) is 4.79 Å². The van der Waals surface area contributed by atoms with E-state index >= 15 is 0 Å². The Bertz CT molecular complexity index is 429. The first-order chi connectivity index (χ1) is 8.89. The van der Waals surface area contributed by atoms with Crippen LogP contribution in [0.2, 0.25) is 0 Å². The smallest absolute Gasteiger partial charge is 0.239 e. The zero-order chi connectivity index (χ0) is 14.5. The minimum atomic E-state index is -0.168. The highest BCUT2D eigenvalue weighted by Crippen LogP contribution is 2.21. The summed E-state index contributed by atoms with van der Waals surface area (Å²) in [7, 11) is 0. The van der Waals surface area contributed by atoms with Gasteiger partial charge in [-0.05, 0) is 39.3 Å². The molecule has 0 saturated heterocycles. The second-order valence-electron chi connectivity index (χ2n) is 5.36.